The van der Waals surface area contributed by atoms with Gasteiger partial charge in [0.25, 0.3) is 11.5 Å². The van der Waals surface area contributed by atoms with Crippen LogP contribution in [-0.2, 0) is 4.79 Å². The lowest BCUT2D eigenvalue weighted by Gasteiger charge is -2.24. The van der Waals surface area contributed by atoms with Crippen LogP contribution < -0.4 is 15.6 Å². The highest BCUT2D eigenvalue weighted by Gasteiger charge is 2.29. The highest BCUT2D eigenvalue weighted by Crippen LogP contribution is 2.30. The van der Waals surface area contributed by atoms with Crippen LogP contribution in [0.5, 0.6) is 5.75 Å². The molecule has 0 aliphatic carbocycles. The third-order valence-electron chi connectivity index (χ3n) is 6.68. The zero-order valence-corrected chi connectivity index (χ0v) is 21.1. The SMILES string of the molecule is COc1ccc(NC(=O)C(c2ccnc3ccccc23)n2c(=O)c(-c3ccccc3)nc3ccccc32)cc1. The van der Waals surface area contributed by atoms with E-state index in [4.69, 9.17) is 9.72 Å². The fourth-order valence-corrected chi connectivity index (χ4v) is 4.83. The molecule has 2 heterocycles. The molecule has 190 valence electrons. The van der Waals surface area contributed by atoms with Gasteiger partial charge >= 0.3 is 0 Å². The topological polar surface area (TPSA) is 86.1 Å². The van der Waals surface area contributed by atoms with Crippen molar-refractivity contribution in [3.05, 3.63) is 131 Å². The average molecular weight is 513 g/mol. The summed E-state index contributed by atoms with van der Waals surface area (Å²) < 4.78 is 6.80. The number of para-hydroxylation sites is 3. The number of hydrogen-bond donors (Lipinski definition) is 1. The molecule has 7 heteroatoms. The number of pyridine rings is 1. The molecule has 4 aromatic carbocycles. The Labute approximate surface area is 224 Å². The molecular weight excluding hydrogens is 488 g/mol. The van der Waals surface area contributed by atoms with Crippen LogP contribution in [0, 0.1) is 0 Å². The largest absolute Gasteiger partial charge is 0.497 e. The number of nitrogens with zero attached hydrogens (tertiary/aromatic N) is 3. The van der Waals surface area contributed by atoms with Crippen LogP contribution in [0.3, 0.4) is 0 Å². The number of nitrogens with one attached hydrogen (secondary N) is 1. The van der Waals surface area contributed by atoms with Crippen molar-refractivity contribution >= 4 is 33.5 Å². The van der Waals surface area contributed by atoms with Crippen LogP contribution in [0.25, 0.3) is 33.2 Å². The summed E-state index contributed by atoms with van der Waals surface area (Å²) in [4.78, 5) is 37.7. The second-order valence-electron chi connectivity index (χ2n) is 9.03. The normalized spacial score (nSPS) is 11.8. The number of anilines is 1. The third-order valence-corrected chi connectivity index (χ3v) is 6.68. The standard InChI is InChI=1S/C32H24N4O3/c1-39-23-17-15-22(16-18-23)34-31(37)30(25-19-20-33-26-12-6-5-11-24(25)26)36-28-14-8-7-13-27(28)35-29(32(36)38)21-9-3-2-4-10-21/h2-20,30H,1H3,(H,34,37). The molecule has 7 nitrogen and oxygen atoms in total. The quantitative estimate of drug-likeness (QED) is 0.303. The van der Waals surface area contributed by atoms with E-state index < -0.39 is 6.04 Å². The molecule has 0 saturated heterocycles. The molecule has 6 aromatic rings. The molecule has 0 spiro atoms. The Morgan fingerprint density at radius 1 is 0.821 bits per heavy atom. The molecule has 6 rings (SSSR count). The first kappa shape index (κ1) is 24.1. The predicted octanol–water partition coefficient (Wildman–Crippen LogP) is 5.85. The summed E-state index contributed by atoms with van der Waals surface area (Å²) >= 11 is 0. The van der Waals surface area contributed by atoms with Crippen molar-refractivity contribution in [3.8, 4) is 17.0 Å². The molecule has 0 aliphatic heterocycles. The van der Waals surface area contributed by atoms with Gasteiger partial charge in [-0.15, -0.1) is 0 Å². The lowest BCUT2D eigenvalue weighted by Crippen LogP contribution is -2.35. The van der Waals surface area contributed by atoms with E-state index in [-0.39, 0.29) is 17.2 Å². The maximum Gasteiger partial charge on any atom is 0.278 e. The number of methoxy groups -OCH3 is 1. The first-order chi connectivity index (χ1) is 19.1. The molecule has 0 fully saturated rings. The van der Waals surface area contributed by atoms with E-state index in [1.165, 1.54) is 0 Å². The maximum absolute atomic E-state index is 14.3. The van der Waals surface area contributed by atoms with Crippen molar-refractivity contribution in [2.45, 2.75) is 6.04 Å². The van der Waals surface area contributed by atoms with Crippen LogP contribution in [-0.4, -0.2) is 27.6 Å². The first-order valence-electron chi connectivity index (χ1n) is 12.5. The number of rotatable bonds is 6. The second kappa shape index (κ2) is 10.2. The van der Waals surface area contributed by atoms with Gasteiger partial charge in [0.1, 0.15) is 17.5 Å². The van der Waals surface area contributed by atoms with Gasteiger partial charge in [-0.3, -0.25) is 19.1 Å². The number of hydrogen-bond acceptors (Lipinski definition) is 5. The fraction of sp³-hybridized carbons (Fsp3) is 0.0625. The molecule has 2 aromatic heterocycles. The smallest absolute Gasteiger partial charge is 0.278 e. The maximum atomic E-state index is 14.3. The number of aromatic nitrogens is 3. The van der Waals surface area contributed by atoms with E-state index in [0.29, 0.717) is 33.6 Å². The van der Waals surface area contributed by atoms with E-state index in [1.807, 2.05) is 78.9 Å². The van der Waals surface area contributed by atoms with Gasteiger partial charge in [0.05, 0.1) is 23.7 Å². The van der Waals surface area contributed by atoms with Gasteiger partial charge in [0, 0.05) is 22.8 Å². The highest BCUT2D eigenvalue weighted by atomic mass is 16.5. The Bertz CT molecular complexity index is 1860. The summed E-state index contributed by atoms with van der Waals surface area (Å²) in [5.74, 6) is 0.308. The Balaban J connectivity index is 1.62. The number of ether oxygens (including phenoxy) is 1. The van der Waals surface area contributed by atoms with E-state index in [1.54, 1.807) is 48.2 Å². The lowest BCUT2D eigenvalue weighted by atomic mass is 10.00. The summed E-state index contributed by atoms with van der Waals surface area (Å²) in [6.07, 6.45) is 1.66. The summed E-state index contributed by atoms with van der Waals surface area (Å²) in [6.45, 7) is 0. The minimum atomic E-state index is -1.01. The Kier molecular flexibility index (Phi) is 6.31. The van der Waals surface area contributed by atoms with Gasteiger partial charge in [-0.1, -0.05) is 60.7 Å². The Morgan fingerprint density at radius 3 is 2.28 bits per heavy atom. The van der Waals surface area contributed by atoms with Crippen molar-refractivity contribution in [1.82, 2.24) is 14.5 Å². The van der Waals surface area contributed by atoms with Crippen LogP contribution in [0.15, 0.2) is 120 Å². The molecule has 0 aliphatic rings. The average Bonchev–Trinajstić information content (AvgIpc) is 2.99. The third kappa shape index (κ3) is 4.51. The fourth-order valence-electron chi connectivity index (χ4n) is 4.83. The number of carbonyl (C=O) groups excluding carboxylic acids is 1. The van der Waals surface area contributed by atoms with Crippen molar-refractivity contribution in [3.63, 3.8) is 0 Å². The van der Waals surface area contributed by atoms with Crippen molar-refractivity contribution < 1.29 is 9.53 Å². The van der Waals surface area contributed by atoms with Gasteiger partial charge < -0.3 is 10.1 Å². The zero-order valence-electron chi connectivity index (χ0n) is 21.1. The first-order valence-corrected chi connectivity index (χ1v) is 12.5. The predicted molar refractivity (Wildman–Crippen MR) is 153 cm³/mol. The van der Waals surface area contributed by atoms with E-state index in [9.17, 15) is 9.59 Å². The van der Waals surface area contributed by atoms with Crippen LogP contribution in [0.4, 0.5) is 5.69 Å². The monoisotopic (exact) mass is 512 g/mol. The van der Waals surface area contributed by atoms with E-state index in [2.05, 4.69) is 10.3 Å². The highest BCUT2D eigenvalue weighted by molar-refractivity contribution is 6.00. The zero-order chi connectivity index (χ0) is 26.8. The molecule has 0 saturated carbocycles. The number of carbonyl (C=O) groups is 1. The van der Waals surface area contributed by atoms with Gasteiger partial charge in [-0.2, -0.15) is 0 Å². The molecular formula is C32H24N4O3. The number of amides is 1. The minimum Gasteiger partial charge on any atom is -0.497 e. The van der Waals surface area contributed by atoms with Gasteiger partial charge in [0.2, 0.25) is 0 Å². The summed E-state index contributed by atoms with van der Waals surface area (Å²) in [5.41, 5.74) is 3.71. The number of fused-ring (bicyclic) bond motifs is 2. The van der Waals surface area contributed by atoms with Crippen molar-refractivity contribution in [2.75, 3.05) is 12.4 Å². The molecule has 0 bridgehead atoms. The minimum absolute atomic E-state index is 0.273. The van der Waals surface area contributed by atoms with Crippen molar-refractivity contribution in [2.24, 2.45) is 0 Å². The van der Waals surface area contributed by atoms with Crippen LogP contribution in [0.1, 0.15) is 11.6 Å². The second-order valence-corrected chi connectivity index (χ2v) is 9.03. The molecule has 1 N–H and O–H groups in total. The molecule has 1 atom stereocenters. The summed E-state index contributed by atoms with van der Waals surface area (Å²) in [7, 11) is 1.59. The van der Waals surface area contributed by atoms with Gasteiger partial charge in [-0.05, 0) is 54.1 Å². The Morgan fingerprint density at radius 2 is 1.51 bits per heavy atom. The molecule has 0 radical (unpaired) electrons. The summed E-state index contributed by atoms with van der Waals surface area (Å²) in [6, 6.07) is 32.1. The molecule has 1 unspecified atom stereocenters. The number of benzene rings is 4. The van der Waals surface area contributed by atoms with Crippen molar-refractivity contribution in [1.29, 1.82) is 0 Å². The van der Waals surface area contributed by atoms with E-state index in [0.717, 1.165) is 10.9 Å². The van der Waals surface area contributed by atoms with Crippen LogP contribution in [0.2, 0.25) is 0 Å². The van der Waals surface area contributed by atoms with Gasteiger partial charge in [-0.25, -0.2) is 4.98 Å². The van der Waals surface area contributed by atoms with Crippen LogP contribution >= 0.6 is 0 Å². The lowest BCUT2D eigenvalue weighted by molar-refractivity contribution is -0.118. The van der Waals surface area contributed by atoms with E-state index >= 15 is 0 Å². The Hall–Kier alpha value is -5.30. The summed E-state index contributed by atoms with van der Waals surface area (Å²) in [5, 5.41) is 3.79. The molecule has 1 amide bonds. The molecule has 39 heavy (non-hydrogen) atoms. The van der Waals surface area contributed by atoms with Gasteiger partial charge in [0.15, 0.2) is 0 Å².